The first-order valence-corrected chi connectivity index (χ1v) is 7.57. The second kappa shape index (κ2) is 9.30. The monoisotopic (exact) mass is 246 g/mol. The number of alkyl halides is 1. The average molecular weight is 247 g/mol. The summed E-state index contributed by atoms with van der Waals surface area (Å²) in [5.74, 6) is 1.73. The van der Waals surface area contributed by atoms with Crippen LogP contribution in [0.2, 0.25) is 0 Å². The van der Waals surface area contributed by atoms with Crippen LogP contribution in [-0.2, 0) is 4.74 Å². The van der Waals surface area contributed by atoms with Crippen LogP contribution in [0.4, 0.5) is 0 Å². The predicted octanol–water partition coefficient (Wildman–Crippen LogP) is 4.77. The number of hydrogen-bond acceptors (Lipinski definition) is 1. The van der Waals surface area contributed by atoms with Gasteiger partial charge in [0.1, 0.15) is 0 Å². The van der Waals surface area contributed by atoms with Gasteiger partial charge in [-0.2, -0.15) is 0 Å². The number of unbranched alkanes of at least 4 members (excludes halogenated alkanes) is 3. The maximum atomic E-state index is 5.96. The van der Waals surface area contributed by atoms with Crippen LogP contribution in [0.1, 0.15) is 64.7 Å². The smallest absolute Gasteiger partial charge is 0.0577 e. The molecule has 0 N–H and O–H groups in total. The van der Waals surface area contributed by atoms with Crippen molar-refractivity contribution < 1.29 is 4.74 Å². The highest BCUT2D eigenvalue weighted by atomic mass is 35.5. The van der Waals surface area contributed by atoms with Gasteiger partial charge in [0.05, 0.1) is 6.10 Å². The molecule has 0 heterocycles. The third kappa shape index (κ3) is 6.10. The van der Waals surface area contributed by atoms with Crippen LogP contribution >= 0.6 is 11.6 Å². The van der Waals surface area contributed by atoms with Gasteiger partial charge in [0.2, 0.25) is 0 Å². The van der Waals surface area contributed by atoms with Crippen molar-refractivity contribution in [3.8, 4) is 0 Å². The topological polar surface area (TPSA) is 9.23 Å². The molecule has 2 atom stereocenters. The zero-order valence-electron chi connectivity index (χ0n) is 10.7. The standard InChI is InChI=1S/C14H27ClO/c1-2-13-8-7-9-14(12-13)16-11-6-4-3-5-10-15/h13-14H,2-12H2,1H3. The van der Waals surface area contributed by atoms with E-state index < -0.39 is 0 Å². The summed E-state index contributed by atoms with van der Waals surface area (Å²) in [6.45, 7) is 3.27. The fourth-order valence-corrected chi connectivity index (χ4v) is 2.75. The molecule has 1 saturated carbocycles. The van der Waals surface area contributed by atoms with Gasteiger partial charge in [-0.1, -0.05) is 39.0 Å². The fraction of sp³-hybridized carbons (Fsp3) is 1.00. The molecule has 0 aromatic carbocycles. The lowest BCUT2D eigenvalue weighted by Crippen LogP contribution is -2.23. The molecule has 1 fully saturated rings. The van der Waals surface area contributed by atoms with Crippen LogP contribution in [0.25, 0.3) is 0 Å². The molecule has 2 heteroatoms. The zero-order chi connectivity index (χ0) is 11.6. The first-order valence-electron chi connectivity index (χ1n) is 7.04. The Labute approximate surface area is 106 Å². The van der Waals surface area contributed by atoms with Gasteiger partial charge in [0, 0.05) is 12.5 Å². The Morgan fingerprint density at radius 2 is 1.94 bits per heavy atom. The summed E-state index contributed by atoms with van der Waals surface area (Å²) in [4.78, 5) is 0. The molecule has 0 amide bonds. The SMILES string of the molecule is CCC1CCCC(OCCCCCCCl)C1. The van der Waals surface area contributed by atoms with E-state index in [1.807, 2.05) is 0 Å². The third-order valence-corrected chi connectivity index (χ3v) is 3.96. The van der Waals surface area contributed by atoms with E-state index >= 15 is 0 Å². The van der Waals surface area contributed by atoms with Crippen molar-refractivity contribution >= 4 is 11.6 Å². The van der Waals surface area contributed by atoms with Crippen molar-refractivity contribution in [2.75, 3.05) is 12.5 Å². The van der Waals surface area contributed by atoms with Crippen molar-refractivity contribution in [2.45, 2.75) is 70.8 Å². The molecular weight excluding hydrogens is 220 g/mol. The molecule has 0 aliphatic heterocycles. The average Bonchev–Trinajstić information content (AvgIpc) is 2.34. The van der Waals surface area contributed by atoms with E-state index in [9.17, 15) is 0 Å². The predicted molar refractivity (Wildman–Crippen MR) is 71.2 cm³/mol. The summed E-state index contributed by atoms with van der Waals surface area (Å²) in [7, 11) is 0. The lowest BCUT2D eigenvalue weighted by molar-refractivity contribution is 0.0107. The summed E-state index contributed by atoms with van der Waals surface area (Å²) >= 11 is 5.64. The molecular formula is C14H27ClO. The number of ether oxygens (including phenoxy) is 1. The summed E-state index contributed by atoms with van der Waals surface area (Å²) in [6.07, 6.45) is 12.2. The molecule has 96 valence electrons. The molecule has 0 bridgehead atoms. The number of hydrogen-bond donors (Lipinski definition) is 0. The van der Waals surface area contributed by atoms with Crippen LogP contribution in [0.3, 0.4) is 0 Å². The van der Waals surface area contributed by atoms with Crippen LogP contribution in [0.15, 0.2) is 0 Å². The largest absolute Gasteiger partial charge is 0.378 e. The third-order valence-electron chi connectivity index (χ3n) is 3.69. The van der Waals surface area contributed by atoms with E-state index in [4.69, 9.17) is 16.3 Å². The molecule has 0 spiro atoms. The molecule has 1 aliphatic rings. The van der Waals surface area contributed by atoms with E-state index in [-0.39, 0.29) is 0 Å². The van der Waals surface area contributed by atoms with Gasteiger partial charge < -0.3 is 4.74 Å². The molecule has 0 aromatic heterocycles. The zero-order valence-corrected chi connectivity index (χ0v) is 11.5. The first-order chi connectivity index (χ1) is 7.86. The van der Waals surface area contributed by atoms with Crippen molar-refractivity contribution in [1.29, 1.82) is 0 Å². The Morgan fingerprint density at radius 3 is 2.69 bits per heavy atom. The van der Waals surface area contributed by atoms with Crippen LogP contribution in [-0.4, -0.2) is 18.6 Å². The minimum absolute atomic E-state index is 0.562. The van der Waals surface area contributed by atoms with Gasteiger partial charge in [0.25, 0.3) is 0 Å². The maximum absolute atomic E-state index is 5.96. The maximum Gasteiger partial charge on any atom is 0.0577 e. The van der Waals surface area contributed by atoms with E-state index in [2.05, 4.69) is 6.92 Å². The molecule has 0 radical (unpaired) electrons. The van der Waals surface area contributed by atoms with Gasteiger partial charge in [-0.25, -0.2) is 0 Å². The molecule has 1 nitrogen and oxygen atoms in total. The fourth-order valence-electron chi connectivity index (χ4n) is 2.56. The van der Waals surface area contributed by atoms with Crippen LogP contribution < -0.4 is 0 Å². The van der Waals surface area contributed by atoms with Crippen molar-refractivity contribution in [1.82, 2.24) is 0 Å². The highest BCUT2D eigenvalue weighted by Gasteiger charge is 2.20. The quantitative estimate of drug-likeness (QED) is 0.443. The summed E-state index contributed by atoms with van der Waals surface area (Å²) in [5, 5.41) is 0. The highest BCUT2D eigenvalue weighted by molar-refractivity contribution is 6.17. The molecule has 1 aliphatic carbocycles. The molecule has 16 heavy (non-hydrogen) atoms. The molecule has 2 unspecified atom stereocenters. The van der Waals surface area contributed by atoms with Gasteiger partial charge in [-0.05, 0) is 31.6 Å². The second-order valence-electron chi connectivity index (χ2n) is 5.04. The second-order valence-corrected chi connectivity index (χ2v) is 5.41. The summed E-state index contributed by atoms with van der Waals surface area (Å²) in [6, 6.07) is 0. The van der Waals surface area contributed by atoms with Crippen molar-refractivity contribution in [3.05, 3.63) is 0 Å². The highest BCUT2D eigenvalue weighted by Crippen LogP contribution is 2.28. The molecule has 0 aromatic rings. The molecule has 0 saturated heterocycles. The summed E-state index contributed by atoms with van der Waals surface area (Å²) < 4.78 is 5.96. The lowest BCUT2D eigenvalue weighted by Gasteiger charge is -2.28. The Balaban J connectivity index is 1.95. The first kappa shape index (κ1) is 14.3. The lowest BCUT2D eigenvalue weighted by atomic mass is 9.85. The van der Waals surface area contributed by atoms with Gasteiger partial charge in [-0.15, -0.1) is 11.6 Å². The Morgan fingerprint density at radius 1 is 1.12 bits per heavy atom. The Hall–Kier alpha value is 0.250. The van der Waals surface area contributed by atoms with Crippen molar-refractivity contribution in [3.63, 3.8) is 0 Å². The van der Waals surface area contributed by atoms with E-state index in [0.29, 0.717) is 6.10 Å². The minimum atomic E-state index is 0.562. The van der Waals surface area contributed by atoms with Gasteiger partial charge in [-0.3, -0.25) is 0 Å². The minimum Gasteiger partial charge on any atom is -0.378 e. The van der Waals surface area contributed by atoms with Gasteiger partial charge >= 0.3 is 0 Å². The van der Waals surface area contributed by atoms with E-state index in [1.165, 1.54) is 51.4 Å². The molecule has 1 rings (SSSR count). The van der Waals surface area contributed by atoms with E-state index in [1.54, 1.807) is 0 Å². The van der Waals surface area contributed by atoms with Crippen LogP contribution in [0, 0.1) is 5.92 Å². The van der Waals surface area contributed by atoms with Crippen LogP contribution in [0.5, 0.6) is 0 Å². The van der Waals surface area contributed by atoms with E-state index in [0.717, 1.165) is 24.8 Å². The Kier molecular flexibility index (Phi) is 8.32. The Bertz CT molecular complexity index is 161. The normalized spacial score (nSPS) is 25.9. The number of halogens is 1. The van der Waals surface area contributed by atoms with Crippen molar-refractivity contribution in [2.24, 2.45) is 5.92 Å². The number of rotatable bonds is 8. The summed E-state index contributed by atoms with van der Waals surface area (Å²) in [5.41, 5.74) is 0. The van der Waals surface area contributed by atoms with Gasteiger partial charge in [0.15, 0.2) is 0 Å².